The van der Waals surface area contributed by atoms with Gasteiger partial charge < -0.3 is 4.74 Å². The zero-order valence-corrected chi connectivity index (χ0v) is 18.4. The summed E-state index contributed by atoms with van der Waals surface area (Å²) in [7, 11) is 0. The molecule has 0 aromatic carbocycles. The molecule has 4 aromatic rings. The predicted octanol–water partition coefficient (Wildman–Crippen LogP) is 6.59. The second kappa shape index (κ2) is 9.95. The van der Waals surface area contributed by atoms with Crippen LogP contribution < -0.4 is 0 Å². The summed E-state index contributed by atoms with van der Waals surface area (Å²) in [4.78, 5) is 19.5. The molecule has 0 atom stereocenters. The summed E-state index contributed by atoms with van der Waals surface area (Å²) in [5.41, 5.74) is 2.55. The predicted molar refractivity (Wildman–Crippen MR) is 120 cm³/mol. The van der Waals surface area contributed by atoms with Crippen molar-refractivity contribution in [2.45, 2.75) is 45.4 Å². The SMILES string of the molecule is CCCCCCCCOC(=O)c1nc(-c2cccs2)c2nonc2c1-c1cccs1. The molecule has 0 fully saturated rings. The zero-order chi connectivity index (χ0) is 20.8. The molecule has 4 aromatic heterocycles. The van der Waals surface area contributed by atoms with Crippen molar-refractivity contribution in [3.05, 3.63) is 40.7 Å². The number of thiophene rings is 2. The van der Waals surface area contributed by atoms with Crippen molar-refractivity contribution in [1.29, 1.82) is 0 Å². The van der Waals surface area contributed by atoms with Crippen LogP contribution in [-0.2, 0) is 4.74 Å². The average Bonchev–Trinajstić information content (AvgIpc) is 3.54. The maximum atomic E-state index is 13.0. The Hall–Kier alpha value is -2.58. The van der Waals surface area contributed by atoms with Gasteiger partial charge in [0.2, 0.25) is 0 Å². The maximum Gasteiger partial charge on any atom is 0.357 e. The maximum absolute atomic E-state index is 13.0. The minimum atomic E-state index is -0.435. The average molecular weight is 442 g/mol. The van der Waals surface area contributed by atoms with E-state index in [9.17, 15) is 4.79 Å². The van der Waals surface area contributed by atoms with Crippen LogP contribution in [-0.4, -0.2) is 27.9 Å². The molecule has 0 aliphatic rings. The van der Waals surface area contributed by atoms with Crippen LogP contribution in [0.25, 0.3) is 32.0 Å². The van der Waals surface area contributed by atoms with E-state index in [-0.39, 0.29) is 5.69 Å². The number of carbonyl (C=O) groups is 1. The number of hydrogen-bond donors (Lipinski definition) is 0. The number of nitrogens with zero attached hydrogens (tertiary/aromatic N) is 3. The molecule has 0 N–H and O–H groups in total. The molecule has 0 spiro atoms. The van der Waals surface area contributed by atoms with Gasteiger partial charge >= 0.3 is 5.97 Å². The Bertz CT molecular complexity index is 1090. The number of rotatable bonds is 10. The molecule has 0 saturated heterocycles. The fourth-order valence-electron chi connectivity index (χ4n) is 3.34. The van der Waals surface area contributed by atoms with Gasteiger partial charge in [0.05, 0.1) is 17.0 Å². The lowest BCUT2D eigenvalue weighted by atomic mass is 10.1. The number of pyridine rings is 1. The first-order valence-electron chi connectivity index (χ1n) is 10.2. The summed E-state index contributed by atoms with van der Waals surface area (Å²) in [6.07, 6.45) is 6.79. The Morgan fingerprint density at radius 3 is 2.40 bits per heavy atom. The molecule has 4 rings (SSSR count). The number of hydrogen-bond acceptors (Lipinski definition) is 8. The van der Waals surface area contributed by atoms with Gasteiger partial charge in [0.15, 0.2) is 11.2 Å². The van der Waals surface area contributed by atoms with Crippen LogP contribution in [0.3, 0.4) is 0 Å². The number of unbranched alkanes of at least 4 members (excludes halogenated alkanes) is 5. The molecule has 0 aliphatic heterocycles. The summed E-state index contributed by atoms with van der Waals surface area (Å²) >= 11 is 3.04. The first kappa shape index (κ1) is 20.7. The lowest BCUT2D eigenvalue weighted by Gasteiger charge is -2.10. The van der Waals surface area contributed by atoms with Crippen LogP contribution in [0, 0.1) is 0 Å². The van der Waals surface area contributed by atoms with Crippen LogP contribution in [0.1, 0.15) is 55.9 Å². The van der Waals surface area contributed by atoms with Gasteiger partial charge in [-0.3, -0.25) is 0 Å². The van der Waals surface area contributed by atoms with Crippen LogP contribution in [0.4, 0.5) is 0 Å². The fourth-order valence-corrected chi connectivity index (χ4v) is 4.83. The molecule has 6 nitrogen and oxygen atoms in total. The molecule has 156 valence electrons. The highest BCUT2D eigenvalue weighted by Gasteiger charge is 2.26. The Labute approximate surface area is 182 Å². The molecule has 0 unspecified atom stereocenters. The van der Waals surface area contributed by atoms with Gasteiger partial charge in [0.25, 0.3) is 0 Å². The van der Waals surface area contributed by atoms with Gasteiger partial charge in [-0.2, -0.15) is 0 Å². The van der Waals surface area contributed by atoms with Gasteiger partial charge in [-0.1, -0.05) is 51.2 Å². The first-order valence-corrected chi connectivity index (χ1v) is 12.0. The van der Waals surface area contributed by atoms with Crippen molar-refractivity contribution in [2.24, 2.45) is 0 Å². The van der Waals surface area contributed by atoms with E-state index in [4.69, 9.17) is 14.3 Å². The topological polar surface area (TPSA) is 78.1 Å². The van der Waals surface area contributed by atoms with E-state index in [1.807, 2.05) is 35.0 Å². The molecule has 30 heavy (non-hydrogen) atoms. The van der Waals surface area contributed by atoms with Gasteiger partial charge in [0.1, 0.15) is 11.2 Å². The highest BCUT2D eigenvalue weighted by atomic mass is 32.1. The lowest BCUT2D eigenvalue weighted by Crippen LogP contribution is -2.11. The first-order chi connectivity index (χ1) is 14.8. The number of ether oxygens (including phenoxy) is 1. The van der Waals surface area contributed by atoms with E-state index in [2.05, 4.69) is 17.2 Å². The van der Waals surface area contributed by atoms with E-state index >= 15 is 0 Å². The Morgan fingerprint density at radius 1 is 0.967 bits per heavy atom. The number of esters is 1. The van der Waals surface area contributed by atoms with Crippen molar-refractivity contribution < 1.29 is 14.2 Å². The molecular formula is C22H23N3O3S2. The summed E-state index contributed by atoms with van der Waals surface area (Å²) < 4.78 is 10.6. The van der Waals surface area contributed by atoms with E-state index < -0.39 is 5.97 Å². The quantitative estimate of drug-likeness (QED) is 0.204. The molecule has 0 saturated carbocycles. The van der Waals surface area contributed by atoms with Crippen LogP contribution >= 0.6 is 22.7 Å². The minimum absolute atomic E-state index is 0.259. The third-order valence-corrected chi connectivity index (χ3v) is 6.62. The van der Waals surface area contributed by atoms with Crippen LogP contribution in [0.15, 0.2) is 39.7 Å². The molecule has 0 bridgehead atoms. The molecule has 4 heterocycles. The Balaban J connectivity index is 1.62. The van der Waals surface area contributed by atoms with Gasteiger partial charge in [-0.05, 0) is 39.6 Å². The van der Waals surface area contributed by atoms with E-state index in [0.29, 0.717) is 28.9 Å². The third kappa shape index (κ3) is 4.44. The number of carbonyl (C=O) groups excluding carboxylic acids is 1. The summed E-state index contributed by atoms with van der Waals surface area (Å²) in [5, 5.41) is 12.1. The number of aromatic nitrogens is 3. The second-order valence-electron chi connectivity index (χ2n) is 7.00. The zero-order valence-electron chi connectivity index (χ0n) is 16.8. The highest BCUT2D eigenvalue weighted by molar-refractivity contribution is 7.14. The van der Waals surface area contributed by atoms with Gasteiger partial charge in [-0.25, -0.2) is 14.4 Å². The Morgan fingerprint density at radius 2 is 1.67 bits per heavy atom. The lowest BCUT2D eigenvalue weighted by molar-refractivity contribution is 0.0492. The highest BCUT2D eigenvalue weighted by Crippen LogP contribution is 2.38. The largest absolute Gasteiger partial charge is 0.461 e. The molecule has 0 aliphatic carbocycles. The summed E-state index contributed by atoms with van der Waals surface area (Å²) in [6.45, 7) is 2.59. The summed E-state index contributed by atoms with van der Waals surface area (Å²) in [5.74, 6) is -0.435. The second-order valence-corrected chi connectivity index (χ2v) is 8.90. The van der Waals surface area contributed by atoms with Crippen LogP contribution in [0.5, 0.6) is 0 Å². The van der Waals surface area contributed by atoms with Crippen molar-refractivity contribution in [1.82, 2.24) is 15.3 Å². The minimum Gasteiger partial charge on any atom is -0.461 e. The van der Waals surface area contributed by atoms with Crippen molar-refractivity contribution in [3.8, 4) is 21.0 Å². The molecular weight excluding hydrogens is 418 g/mol. The van der Waals surface area contributed by atoms with Crippen LogP contribution in [0.2, 0.25) is 0 Å². The van der Waals surface area contributed by atoms with E-state index in [1.165, 1.54) is 48.4 Å². The van der Waals surface area contributed by atoms with E-state index in [0.717, 1.165) is 22.6 Å². The third-order valence-electron chi connectivity index (χ3n) is 4.86. The number of fused-ring (bicyclic) bond motifs is 1. The van der Waals surface area contributed by atoms with Gasteiger partial charge in [-0.15, -0.1) is 22.7 Å². The Kier molecular flexibility index (Phi) is 6.86. The molecule has 0 amide bonds. The van der Waals surface area contributed by atoms with Crippen molar-refractivity contribution in [2.75, 3.05) is 6.61 Å². The standard InChI is InChI=1S/C22H23N3O3S2/c1-2-3-4-5-6-7-12-27-22(26)20-17(15-10-8-13-29-15)19-21(25-28-24-19)18(23-20)16-11-9-14-30-16/h8-11,13-14H,2-7,12H2,1H3. The van der Waals surface area contributed by atoms with E-state index in [1.54, 1.807) is 0 Å². The smallest absolute Gasteiger partial charge is 0.357 e. The van der Waals surface area contributed by atoms with Crippen molar-refractivity contribution >= 4 is 39.7 Å². The molecule has 8 heteroatoms. The normalized spacial score (nSPS) is 11.2. The monoisotopic (exact) mass is 441 g/mol. The summed E-state index contributed by atoms with van der Waals surface area (Å²) in [6, 6.07) is 7.74. The fraction of sp³-hybridized carbons (Fsp3) is 0.364. The van der Waals surface area contributed by atoms with Crippen molar-refractivity contribution in [3.63, 3.8) is 0 Å². The molecule has 0 radical (unpaired) electrons. The van der Waals surface area contributed by atoms with Gasteiger partial charge in [0, 0.05) is 4.88 Å².